The number of phenols is 2. The van der Waals surface area contributed by atoms with E-state index in [9.17, 15) is 0 Å². The normalized spacial score (nSPS) is 8.50. The molecule has 1 aromatic rings. The fourth-order valence-electron chi connectivity index (χ4n) is 0.643. The quantitative estimate of drug-likeness (QED) is 0.348. The minimum atomic E-state index is -0.0602. The van der Waals surface area contributed by atoms with Crippen LogP contribution in [0.2, 0.25) is 0 Å². The van der Waals surface area contributed by atoms with E-state index in [1.54, 1.807) is 19.1 Å². The second kappa shape index (κ2) is 3.86. The molecule has 0 aliphatic carbocycles. The van der Waals surface area contributed by atoms with Crippen molar-refractivity contribution in [3.05, 3.63) is 23.8 Å². The van der Waals surface area contributed by atoms with E-state index < -0.39 is 0 Å². The summed E-state index contributed by atoms with van der Waals surface area (Å²) in [7, 11) is 0. The van der Waals surface area contributed by atoms with Crippen molar-refractivity contribution in [1.82, 2.24) is 0 Å². The summed E-state index contributed by atoms with van der Waals surface area (Å²) in [4.78, 5) is 0. The minimum Gasteiger partial charge on any atom is -1.00 e. The molecule has 0 aliphatic rings. The van der Waals surface area contributed by atoms with Crippen LogP contribution in [0.1, 0.15) is 6.99 Å². The van der Waals surface area contributed by atoms with E-state index in [-0.39, 0.29) is 42.5 Å². The second-order valence-electron chi connectivity index (χ2n) is 1.94. The van der Waals surface area contributed by atoms with Crippen LogP contribution in [0, 0.1) is 6.92 Å². The topological polar surface area (TPSA) is 40.5 Å². The monoisotopic (exact) mass is 148 g/mol. The molecule has 0 aliphatic heterocycles. The summed E-state index contributed by atoms with van der Waals surface area (Å²) >= 11 is 0. The van der Waals surface area contributed by atoms with Crippen LogP contribution in [-0.4, -0.2) is 10.2 Å². The van der Waals surface area contributed by atoms with Crippen molar-refractivity contribution in [2.45, 2.75) is 6.92 Å². The van der Waals surface area contributed by atoms with Gasteiger partial charge < -0.3 is 11.6 Å². The van der Waals surface area contributed by atoms with Crippen molar-refractivity contribution in [2.75, 3.05) is 0 Å². The van der Waals surface area contributed by atoms with Gasteiger partial charge in [-0.1, -0.05) is 12.1 Å². The molecule has 0 saturated heterocycles. The van der Waals surface area contributed by atoms with Gasteiger partial charge in [0.2, 0.25) is 0 Å². The van der Waals surface area contributed by atoms with Crippen molar-refractivity contribution in [3.63, 3.8) is 0 Å². The van der Waals surface area contributed by atoms with Gasteiger partial charge in [-0.2, -0.15) is 0 Å². The van der Waals surface area contributed by atoms with E-state index in [4.69, 9.17) is 10.2 Å². The summed E-state index contributed by atoms with van der Waals surface area (Å²) in [5.41, 5.74) is 0.690. The molecule has 10 heavy (non-hydrogen) atoms. The fourth-order valence-corrected chi connectivity index (χ4v) is 0.643. The third kappa shape index (κ3) is 1.90. The molecule has 0 amide bonds. The summed E-state index contributed by atoms with van der Waals surface area (Å²) in [6, 6.07) is 4.86. The van der Waals surface area contributed by atoms with Crippen LogP contribution in [0.4, 0.5) is 0 Å². The number of phenolic OH excluding ortho intramolecular Hbond substituents is 2. The predicted octanol–water partition coefficient (Wildman–Crippen LogP) is -1.48. The summed E-state index contributed by atoms with van der Waals surface area (Å²) < 4.78 is 0. The SMILES string of the molecule is Cc1cccc(O)c1O.[H-].[Na+]. The number of benzene rings is 1. The largest absolute Gasteiger partial charge is 1.00 e. The van der Waals surface area contributed by atoms with Gasteiger partial charge in [0.15, 0.2) is 11.5 Å². The summed E-state index contributed by atoms with van der Waals surface area (Å²) in [6.45, 7) is 1.73. The Morgan fingerprint density at radius 1 is 1.30 bits per heavy atom. The first-order valence-electron chi connectivity index (χ1n) is 2.69. The molecule has 2 N–H and O–H groups in total. The molecule has 0 spiro atoms. The van der Waals surface area contributed by atoms with Gasteiger partial charge in [-0.05, 0) is 18.6 Å². The third-order valence-corrected chi connectivity index (χ3v) is 1.22. The molecule has 2 nitrogen and oxygen atoms in total. The van der Waals surface area contributed by atoms with Gasteiger partial charge in [-0.25, -0.2) is 0 Å². The first-order chi connectivity index (χ1) is 4.22. The Morgan fingerprint density at radius 3 is 2.30 bits per heavy atom. The summed E-state index contributed by atoms with van der Waals surface area (Å²) in [5.74, 6) is -0.0903. The summed E-state index contributed by atoms with van der Waals surface area (Å²) in [6.07, 6.45) is 0. The zero-order valence-corrected chi connectivity index (χ0v) is 8.13. The summed E-state index contributed by atoms with van der Waals surface area (Å²) in [5, 5.41) is 17.8. The molecule has 0 fully saturated rings. The van der Waals surface area contributed by atoms with Crippen molar-refractivity contribution in [3.8, 4) is 11.5 Å². The van der Waals surface area contributed by atoms with Gasteiger partial charge >= 0.3 is 29.6 Å². The molecule has 1 aromatic carbocycles. The van der Waals surface area contributed by atoms with Gasteiger partial charge in [-0.3, -0.25) is 0 Å². The van der Waals surface area contributed by atoms with Crippen LogP contribution in [0.25, 0.3) is 0 Å². The Labute approximate surface area is 83.3 Å². The molecule has 0 saturated carbocycles. The standard InChI is InChI=1S/C7H8O2.Na.H/c1-5-3-2-4-6(8)7(5)9;;/h2-4,8-9H,1H3;;/q;+1;-1. The first kappa shape index (κ1) is 9.82. The smallest absolute Gasteiger partial charge is 1.00 e. The molecule has 0 radical (unpaired) electrons. The molecule has 0 aromatic heterocycles. The average Bonchev–Trinajstić information content (AvgIpc) is 1.83. The Kier molecular flexibility index (Phi) is 3.79. The van der Waals surface area contributed by atoms with Crippen molar-refractivity contribution >= 4 is 0 Å². The van der Waals surface area contributed by atoms with E-state index in [1.165, 1.54) is 6.07 Å². The van der Waals surface area contributed by atoms with E-state index in [2.05, 4.69) is 0 Å². The Bertz CT molecular complexity index is 207. The molecule has 0 unspecified atom stereocenters. The zero-order valence-electron chi connectivity index (χ0n) is 7.13. The maximum Gasteiger partial charge on any atom is 1.00 e. The van der Waals surface area contributed by atoms with Crippen LogP contribution >= 0.6 is 0 Å². The van der Waals surface area contributed by atoms with Crippen molar-refractivity contribution < 1.29 is 41.2 Å². The number of para-hydroxylation sites is 1. The van der Waals surface area contributed by atoms with Crippen LogP contribution in [-0.2, 0) is 0 Å². The first-order valence-corrected chi connectivity index (χ1v) is 2.69. The number of aryl methyl sites for hydroxylation is 1. The van der Waals surface area contributed by atoms with Crippen LogP contribution in [0.3, 0.4) is 0 Å². The maximum absolute atomic E-state index is 8.96. The predicted molar refractivity (Wildman–Crippen MR) is 35.6 cm³/mol. The number of hydrogen-bond acceptors (Lipinski definition) is 2. The Balaban J connectivity index is 0. The molecule has 3 heteroatoms. The van der Waals surface area contributed by atoms with Crippen molar-refractivity contribution in [2.24, 2.45) is 0 Å². The molecule has 0 heterocycles. The second-order valence-corrected chi connectivity index (χ2v) is 1.94. The fraction of sp³-hybridized carbons (Fsp3) is 0.143. The van der Waals surface area contributed by atoms with Crippen LogP contribution in [0.15, 0.2) is 18.2 Å². The van der Waals surface area contributed by atoms with Crippen molar-refractivity contribution in [1.29, 1.82) is 0 Å². The Morgan fingerprint density at radius 2 is 1.90 bits per heavy atom. The van der Waals surface area contributed by atoms with Gasteiger partial charge in [0.05, 0.1) is 0 Å². The molecular weight excluding hydrogens is 139 g/mol. The minimum absolute atomic E-state index is 0. The Hall–Kier alpha value is -0.180. The molecule has 1 rings (SSSR count). The zero-order chi connectivity index (χ0) is 6.85. The van der Waals surface area contributed by atoms with Gasteiger partial charge in [0.1, 0.15) is 0 Å². The van der Waals surface area contributed by atoms with E-state index in [0.717, 1.165) is 0 Å². The molecule has 50 valence electrons. The van der Waals surface area contributed by atoms with E-state index in [0.29, 0.717) is 5.56 Å². The number of hydrogen-bond donors (Lipinski definition) is 2. The third-order valence-electron chi connectivity index (χ3n) is 1.22. The van der Waals surface area contributed by atoms with E-state index in [1.807, 2.05) is 0 Å². The maximum atomic E-state index is 8.96. The molecular formula is C7H9NaO2. The average molecular weight is 148 g/mol. The number of rotatable bonds is 0. The van der Waals surface area contributed by atoms with Crippen LogP contribution in [0.5, 0.6) is 11.5 Å². The number of aromatic hydroxyl groups is 2. The van der Waals surface area contributed by atoms with E-state index >= 15 is 0 Å². The molecule has 0 atom stereocenters. The molecule has 0 bridgehead atoms. The van der Waals surface area contributed by atoms with Gasteiger partial charge in [0, 0.05) is 0 Å². The van der Waals surface area contributed by atoms with Gasteiger partial charge in [0.25, 0.3) is 0 Å². The van der Waals surface area contributed by atoms with Crippen LogP contribution < -0.4 is 29.6 Å². The van der Waals surface area contributed by atoms with Gasteiger partial charge in [-0.15, -0.1) is 0 Å².